The molecule has 1 fully saturated rings. The van der Waals surface area contributed by atoms with Gasteiger partial charge < -0.3 is 19.1 Å². The van der Waals surface area contributed by atoms with E-state index in [1.165, 1.54) is 25.0 Å². The van der Waals surface area contributed by atoms with Crippen LogP contribution >= 0.6 is 0 Å². The van der Waals surface area contributed by atoms with Crippen molar-refractivity contribution in [3.63, 3.8) is 0 Å². The maximum atomic E-state index is 11.7. The molecule has 1 saturated heterocycles. The summed E-state index contributed by atoms with van der Waals surface area (Å²) in [7, 11) is 2.18. The zero-order valence-electron chi connectivity index (χ0n) is 16.7. The first-order chi connectivity index (χ1) is 13.3. The Morgan fingerprint density at radius 1 is 1.25 bits per heavy atom. The number of carbonyl (C=O) groups excluding carboxylic acids is 2. The predicted molar refractivity (Wildman–Crippen MR) is 102 cm³/mol. The summed E-state index contributed by atoms with van der Waals surface area (Å²) >= 11 is 0. The molecular formula is C22H25NO5. The quantitative estimate of drug-likeness (QED) is 0.444. The van der Waals surface area contributed by atoms with Crippen LogP contribution in [0.3, 0.4) is 0 Å². The van der Waals surface area contributed by atoms with Crippen LogP contribution in [0.15, 0.2) is 18.2 Å². The number of likely N-dealkylation sites (N-methyl/N-ethyl adjacent to an activating group) is 1. The van der Waals surface area contributed by atoms with Gasteiger partial charge in [-0.2, -0.15) is 0 Å². The molecule has 5 unspecified atom stereocenters. The number of likely N-dealkylation sites (tertiary alicyclic amines) is 1. The molecule has 5 atom stereocenters. The van der Waals surface area contributed by atoms with E-state index in [0.29, 0.717) is 17.5 Å². The van der Waals surface area contributed by atoms with E-state index < -0.39 is 6.10 Å². The average Bonchev–Trinajstić information content (AvgIpc) is 2.96. The molecule has 4 aliphatic rings. The number of aryl methyl sites for hydroxylation is 1. The van der Waals surface area contributed by atoms with Crippen molar-refractivity contribution in [1.82, 2.24) is 4.90 Å². The Morgan fingerprint density at radius 2 is 2.04 bits per heavy atom. The molecule has 0 amide bonds. The van der Waals surface area contributed by atoms with Crippen LogP contribution in [0.4, 0.5) is 0 Å². The third-order valence-electron chi connectivity index (χ3n) is 7.02. The lowest BCUT2D eigenvalue weighted by Gasteiger charge is -2.56. The molecule has 1 aromatic rings. The smallest absolute Gasteiger partial charge is 0.308 e. The van der Waals surface area contributed by atoms with Crippen LogP contribution in [-0.2, 0) is 26.2 Å². The number of nitrogens with zero attached hydrogens (tertiary/aromatic N) is 1. The van der Waals surface area contributed by atoms with Crippen LogP contribution in [-0.4, -0.2) is 48.7 Å². The van der Waals surface area contributed by atoms with Gasteiger partial charge in [0.05, 0.1) is 0 Å². The van der Waals surface area contributed by atoms with Gasteiger partial charge in [-0.05, 0) is 56.6 Å². The highest BCUT2D eigenvalue weighted by Crippen LogP contribution is 2.63. The third kappa shape index (κ3) is 2.18. The fourth-order valence-electron chi connectivity index (χ4n) is 5.99. The van der Waals surface area contributed by atoms with Crippen LogP contribution in [0, 0.1) is 12.8 Å². The van der Waals surface area contributed by atoms with E-state index >= 15 is 0 Å². The summed E-state index contributed by atoms with van der Waals surface area (Å²) in [6, 6.07) is 2.29. The van der Waals surface area contributed by atoms with Gasteiger partial charge >= 0.3 is 11.9 Å². The third-order valence-corrected chi connectivity index (χ3v) is 7.02. The fraction of sp³-hybridized carbons (Fsp3) is 0.545. The summed E-state index contributed by atoms with van der Waals surface area (Å²) in [5.74, 6) is 0.736. The zero-order chi connectivity index (χ0) is 19.8. The molecule has 0 aromatic heterocycles. The Morgan fingerprint density at radius 3 is 2.75 bits per heavy atom. The summed E-state index contributed by atoms with van der Waals surface area (Å²) in [5.41, 5.74) is 3.33. The molecule has 2 aliphatic heterocycles. The Hall–Kier alpha value is -2.34. The molecule has 6 nitrogen and oxygen atoms in total. The van der Waals surface area contributed by atoms with Crippen LogP contribution in [0.2, 0.25) is 0 Å². The highest BCUT2D eigenvalue weighted by atomic mass is 16.6. The van der Waals surface area contributed by atoms with Gasteiger partial charge in [0, 0.05) is 36.8 Å². The predicted octanol–water partition coefficient (Wildman–Crippen LogP) is 2.30. The van der Waals surface area contributed by atoms with E-state index in [0.717, 1.165) is 24.9 Å². The first kappa shape index (κ1) is 17.7. The Kier molecular flexibility index (Phi) is 3.69. The number of rotatable bonds is 2. The Labute approximate surface area is 164 Å². The van der Waals surface area contributed by atoms with E-state index in [1.54, 1.807) is 0 Å². The minimum Gasteiger partial charge on any atom is -0.481 e. The minimum absolute atomic E-state index is 0.254. The van der Waals surface area contributed by atoms with Crippen molar-refractivity contribution in [1.29, 1.82) is 0 Å². The molecule has 1 aromatic carbocycles. The molecule has 0 N–H and O–H groups in total. The van der Waals surface area contributed by atoms with Gasteiger partial charge in [0.2, 0.25) is 0 Å². The number of carbonyl (C=O) groups is 2. The standard InChI is InChI=1S/C22H25NO5/c1-11-9-18(27-13(3)25)20-19-14(11)10-16-15-5-6-17(26-12(2)24)21(28-20)22(15,19)7-8-23(16)4/h5-6,9,15-17,21H,7-8,10H2,1-4H3. The average molecular weight is 383 g/mol. The fourth-order valence-corrected chi connectivity index (χ4v) is 5.99. The molecule has 1 spiro atoms. The number of ether oxygens (including phenoxy) is 3. The van der Waals surface area contributed by atoms with Crippen molar-refractivity contribution in [2.24, 2.45) is 5.92 Å². The van der Waals surface area contributed by atoms with E-state index in [4.69, 9.17) is 14.2 Å². The second-order valence-electron chi connectivity index (χ2n) is 8.53. The summed E-state index contributed by atoms with van der Waals surface area (Å²) in [4.78, 5) is 25.9. The number of piperidine rings is 1. The second-order valence-corrected chi connectivity index (χ2v) is 8.53. The molecule has 28 heavy (non-hydrogen) atoms. The zero-order valence-corrected chi connectivity index (χ0v) is 16.7. The topological polar surface area (TPSA) is 65.1 Å². The van der Waals surface area contributed by atoms with Gasteiger partial charge in [-0.15, -0.1) is 0 Å². The van der Waals surface area contributed by atoms with E-state index in [1.807, 2.05) is 12.1 Å². The van der Waals surface area contributed by atoms with Crippen molar-refractivity contribution >= 4 is 11.9 Å². The minimum atomic E-state index is -0.443. The maximum Gasteiger partial charge on any atom is 0.308 e. The maximum absolute atomic E-state index is 11.7. The molecule has 148 valence electrons. The SMILES string of the molecule is CC(=O)Oc1cc(C)c2c3c1OC1C(OC(C)=O)C=CC4C(C2)N(C)CCC341. The first-order valence-corrected chi connectivity index (χ1v) is 9.90. The molecule has 2 heterocycles. The molecule has 0 radical (unpaired) electrons. The van der Waals surface area contributed by atoms with Gasteiger partial charge in [-0.1, -0.05) is 6.08 Å². The summed E-state index contributed by atoms with van der Waals surface area (Å²) in [6.07, 6.45) is 5.32. The largest absolute Gasteiger partial charge is 0.481 e. The molecule has 2 aliphatic carbocycles. The molecule has 5 rings (SSSR count). The van der Waals surface area contributed by atoms with Gasteiger partial charge in [0.25, 0.3) is 0 Å². The number of hydrogen-bond donors (Lipinski definition) is 0. The Bertz CT molecular complexity index is 922. The summed E-state index contributed by atoms with van der Waals surface area (Å²) in [6.45, 7) is 5.86. The number of benzene rings is 1. The second kappa shape index (κ2) is 5.83. The van der Waals surface area contributed by atoms with Crippen molar-refractivity contribution in [3.8, 4) is 11.5 Å². The Balaban J connectivity index is 1.75. The molecule has 2 bridgehead atoms. The van der Waals surface area contributed by atoms with Crippen molar-refractivity contribution in [2.45, 2.75) is 57.3 Å². The van der Waals surface area contributed by atoms with Crippen molar-refractivity contribution < 1.29 is 23.8 Å². The molecule has 0 saturated carbocycles. The van der Waals surface area contributed by atoms with Crippen molar-refractivity contribution in [3.05, 3.63) is 34.9 Å². The number of hydrogen-bond acceptors (Lipinski definition) is 6. The van der Waals surface area contributed by atoms with Crippen LogP contribution < -0.4 is 9.47 Å². The molecule has 6 heteroatoms. The van der Waals surface area contributed by atoms with Gasteiger partial charge in [-0.25, -0.2) is 0 Å². The monoisotopic (exact) mass is 383 g/mol. The van der Waals surface area contributed by atoms with Crippen LogP contribution in [0.1, 0.15) is 37.0 Å². The lowest BCUT2D eigenvalue weighted by molar-refractivity contribution is -0.152. The summed E-state index contributed by atoms with van der Waals surface area (Å²) < 4.78 is 17.7. The van der Waals surface area contributed by atoms with Crippen LogP contribution in [0.25, 0.3) is 0 Å². The molecular weight excluding hydrogens is 358 g/mol. The summed E-state index contributed by atoms with van der Waals surface area (Å²) in [5, 5.41) is 0. The lowest BCUT2D eigenvalue weighted by Crippen LogP contribution is -2.65. The van der Waals surface area contributed by atoms with Gasteiger partial charge in [0.15, 0.2) is 17.6 Å². The highest BCUT2D eigenvalue weighted by Gasteiger charge is 2.65. The van der Waals surface area contributed by atoms with E-state index in [9.17, 15) is 9.59 Å². The van der Waals surface area contributed by atoms with E-state index in [2.05, 4.69) is 24.9 Å². The lowest BCUT2D eigenvalue weighted by atomic mass is 9.53. The highest BCUT2D eigenvalue weighted by molar-refractivity contribution is 5.73. The van der Waals surface area contributed by atoms with Gasteiger partial charge in [-0.3, -0.25) is 9.59 Å². The van der Waals surface area contributed by atoms with E-state index in [-0.39, 0.29) is 29.4 Å². The van der Waals surface area contributed by atoms with Crippen molar-refractivity contribution in [2.75, 3.05) is 13.6 Å². The number of esters is 2. The van der Waals surface area contributed by atoms with Gasteiger partial charge in [0.1, 0.15) is 6.10 Å². The normalized spacial score (nSPS) is 34.4. The van der Waals surface area contributed by atoms with Crippen LogP contribution in [0.5, 0.6) is 11.5 Å². The first-order valence-electron chi connectivity index (χ1n) is 9.90.